The molecule has 1 unspecified atom stereocenters. The highest BCUT2D eigenvalue weighted by atomic mass is 35.5. The van der Waals surface area contributed by atoms with Gasteiger partial charge in [-0.1, -0.05) is 95.6 Å². The third-order valence-electron chi connectivity index (χ3n) is 4.63. The summed E-state index contributed by atoms with van der Waals surface area (Å²) in [4.78, 5) is 4.76. The lowest BCUT2D eigenvalue weighted by Gasteiger charge is -2.14. The lowest BCUT2D eigenvalue weighted by molar-refractivity contribution is 0.213. The fourth-order valence-electron chi connectivity index (χ4n) is 3.05. The van der Waals surface area contributed by atoms with Gasteiger partial charge in [-0.15, -0.1) is 10.2 Å². The lowest BCUT2D eigenvalue weighted by atomic mass is 10.0. The summed E-state index contributed by atoms with van der Waals surface area (Å²) in [5.74, 6) is 0.402. The number of nitrogens with one attached hydrogen (secondary N) is 1. The third-order valence-corrected chi connectivity index (χ3v) is 6.16. The Hall–Kier alpha value is -2.64. The van der Waals surface area contributed by atoms with Crippen molar-refractivity contribution in [3.63, 3.8) is 0 Å². The van der Waals surface area contributed by atoms with E-state index in [0.717, 1.165) is 28.2 Å². The Morgan fingerprint density at radius 1 is 0.844 bits per heavy atom. The Bertz CT molecular complexity index is 1180. The van der Waals surface area contributed by atoms with Crippen LogP contribution in [0.25, 0.3) is 22.5 Å². The quantitative estimate of drug-likeness (QED) is 0.296. The first kappa shape index (κ1) is 22.6. The van der Waals surface area contributed by atoms with Crippen LogP contribution in [0, 0.1) is 0 Å². The highest BCUT2D eigenvalue weighted by Gasteiger charge is 2.15. The average molecular weight is 483 g/mol. The number of aliphatic hydroxyl groups is 1. The van der Waals surface area contributed by atoms with Crippen molar-refractivity contribution in [2.24, 2.45) is 0 Å². The average Bonchev–Trinajstić information content (AvgIpc) is 2.83. The summed E-state index contributed by atoms with van der Waals surface area (Å²) in [5.41, 5.74) is 4.11. The molecule has 0 spiro atoms. The maximum Gasteiger partial charge on any atom is 0.209 e. The van der Waals surface area contributed by atoms with Crippen LogP contribution in [-0.4, -0.2) is 38.7 Å². The van der Waals surface area contributed by atoms with Crippen molar-refractivity contribution in [3.8, 4) is 22.5 Å². The normalized spacial score (nSPS) is 11.8. The number of hydrogen-bond acceptors (Lipinski definition) is 6. The molecule has 1 atom stereocenters. The molecule has 0 aliphatic carbocycles. The van der Waals surface area contributed by atoms with Crippen LogP contribution in [0.15, 0.2) is 84.0 Å². The van der Waals surface area contributed by atoms with Crippen molar-refractivity contribution in [3.05, 3.63) is 88.9 Å². The molecule has 0 saturated carbocycles. The van der Waals surface area contributed by atoms with Gasteiger partial charge in [-0.3, -0.25) is 0 Å². The zero-order valence-corrected chi connectivity index (χ0v) is 19.3. The van der Waals surface area contributed by atoms with Crippen molar-refractivity contribution in [2.45, 2.75) is 11.3 Å². The molecule has 2 N–H and O–H groups in total. The van der Waals surface area contributed by atoms with Gasteiger partial charge in [0.25, 0.3) is 0 Å². The van der Waals surface area contributed by atoms with Gasteiger partial charge in [-0.05, 0) is 18.2 Å². The van der Waals surface area contributed by atoms with Gasteiger partial charge >= 0.3 is 0 Å². The monoisotopic (exact) mass is 482 g/mol. The summed E-state index contributed by atoms with van der Waals surface area (Å²) in [6.07, 6.45) is -0.635. The fraction of sp³-hybridized carbons (Fsp3) is 0.125. The van der Waals surface area contributed by atoms with Crippen LogP contribution in [0.2, 0.25) is 10.0 Å². The van der Waals surface area contributed by atoms with Crippen LogP contribution >= 0.6 is 35.0 Å². The molecular weight excluding hydrogens is 463 g/mol. The van der Waals surface area contributed by atoms with Crippen molar-refractivity contribution >= 4 is 40.7 Å². The van der Waals surface area contributed by atoms with Crippen molar-refractivity contribution < 1.29 is 5.11 Å². The summed E-state index contributed by atoms with van der Waals surface area (Å²) < 4.78 is 0. The van der Waals surface area contributed by atoms with E-state index in [1.165, 1.54) is 11.8 Å². The summed E-state index contributed by atoms with van der Waals surface area (Å²) in [6, 6.07) is 25.0. The number of halogens is 2. The number of nitrogens with zero attached hydrogens (tertiary/aromatic N) is 3. The summed E-state index contributed by atoms with van der Waals surface area (Å²) in [6.45, 7) is 0.329. The van der Waals surface area contributed by atoms with Crippen LogP contribution in [0.4, 0.5) is 5.69 Å². The van der Waals surface area contributed by atoms with Crippen LogP contribution in [-0.2, 0) is 0 Å². The molecule has 0 amide bonds. The highest BCUT2D eigenvalue weighted by Crippen LogP contribution is 2.30. The first-order chi connectivity index (χ1) is 15.6. The Balaban J connectivity index is 1.47. The van der Waals surface area contributed by atoms with E-state index >= 15 is 0 Å². The largest absolute Gasteiger partial charge is 0.390 e. The molecule has 8 heteroatoms. The Labute approximate surface area is 200 Å². The molecule has 4 aromatic rings. The lowest BCUT2D eigenvalue weighted by Crippen LogP contribution is -2.22. The molecule has 32 heavy (non-hydrogen) atoms. The number of aliphatic hydroxyl groups excluding tert-OH is 1. The summed E-state index contributed by atoms with van der Waals surface area (Å²) in [7, 11) is 0. The van der Waals surface area contributed by atoms with Crippen molar-refractivity contribution in [1.29, 1.82) is 0 Å². The number of anilines is 1. The summed E-state index contributed by atoms with van der Waals surface area (Å²) in [5, 5.41) is 23.9. The van der Waals surface area contributed by atoms with Crippen LogP contribution < -0.4 is 5.32 Å². The molecule has 3 aromatic carbocycles. The Morgan fingerprint density at radius 2 is 1.50 bits per heavy atom. The number of benzene rings is 3. The van der Waals surface area contributed by atoms with Gasteiger partial charge in [0.1, 0.15) is 11.4 Å². The van der Waals surface area contributed by atoms with E-state index in [1.54, 1.807) is 18.2 Å². The molecule has 0 radical (unpaired) electrons. The predicted molar refractivity (Wildman–Crippen MR) is 132 cm³/mol. The van der Waals surface area contributed by atoms with Gasteiger partial charge in [-0.2, -0.15) is 0 Å². The van der Waals surface area contributed by atoms with E-state index in [0.29, 0.717) is 27.5 Å². The fourth-order valence-corrected chi connectivity index (χ4v) is 4.24. The van der Waals surface area contributed by atoms with E-state index in [-0.39, 0.29) is 0 Å². The summed E-state index contributed by atoms with van der Waals surface area (Å²) >= 11 is 13.4. The Morgan fingerprint density at radius 3 is 2.16 bits per heavy atom. The second-order valence-electron chi connectivity index (χ2n) is 6.99. The van der Waals surface area contributed by atoms with Gasteiger partial charge in [0, 0.05) is 28.4 Å². The molecule has 0 fully saturated rings. The molecule has 162 valence electrons. The van der Waals surface area contributed by atoms with E-state index in [4.69, 9.17) is 28.2 Å². The number of hydrogen-bond donors (Lipinski definition) is 2. The number of aromatic nitrogens is 3. The Kier molecular flexibility index (Phi) is 7.60. The molecular formula is C24H20Cl2N4OS. The first-order valence-electron chi connectivity index (χ1n) is 9.95. The third kappa shape index (κ3) is 5.78. The number of rotatable bonds is 8. The van der Waals surface area contributed by atoms with E-state index < -0.39 is 6.10 Å². The molecule has 0 bridgehead atoms. The van der Waals surface area contributed by atoms with Crippen LogP contribution in [0.1, 0.15) is 0 Å². The minimum absolute atomic E-state index is 0.329. The van der Waals surface area contributed by atoms with Gasteiger partial charge in [0.05, 0.1) is 16.8 Å². The maximum atomic E-state index is 10.4. The number of thioether (sulfide) groups is 1. The van der Waals surface area contributed by atoms with Crippen molar-refractivity contribution in [1.82, 2.24) is 15.2 Å². The topological polar surface area (TPSA) is 70.9 Å². The second kappa shape index (κ2) is 10.8. The van der Waals surface area contributed by atoms with E-state index in [9.17, 15) is 5.11 Å². The second-order valence-corrected chi connectivity index (χ2v) is 8.82. The van der Waals surface area contributed by atoms with Gasteiger partial charge in [0.2, 0.25) is 5.16 Å². The highest BCUT2D eigenvalue weighted by molar-refractivity contribution is 7.99. The molecule has 1 heterocycles. The smallest absolute Gasteiger partial charge is 0.209 e. The molecule has 4 rings (SSSR count). The predicted octanol–water partition coefficient (Wildman–Crippen LogP) is 6.08. The molecule has 0 saturated heterocycles. The SMILES string of the molecule is OC(CNc1ccc(Cl)cc1Cl)CSc1nnc(-c2ccccc2)c(-c2ccccc2)n1. The zero-order chi connectivity index (χ0) is 22.3. The zero-order valence-electron chi connectivity index (χ0n) is 17.0. The standard InChI is InChI=1S/C24H20Cl2N4OS/c25-18-11-12-21(20(26)13-18)27-14-19(31)15-32-24-28-22(16-7-3-1-4-8-16)23(29-30-24)17-9-5-2-6-10-17/h1-13,19,27,31H,14-15H2. The molecule has 1 aromatic heterocycles. The van der Waals surface area contributed by atoms with E-state index in [2.05, 4.69) is 15.5 Å². The van der Waals surface area contributed by atoms with Gasteiger partial charge < -0.3 is 10.4 Å². The molecule has 0 aliphatic rings. The van der Waals surface area contributed by atoms with Crippen LogP contribution in [0.3, 0.4) is 0 Å². The first-order valence-corrected chi connectivity index (χ1v) is 11.7. The van der Waals surface area contributed by atoms with Gasteiger partial charge in [-0.25, -0.2) is 4.98 Å². The minimum Gasteiger partial charge on any atom is -0.390 e. The molecule has 0 aliphatic heterocycles. The molecule has 5 nitrogen and oxygen atoms in total. The van der Waals surface area contributed by atoms with Crippen molar-refractivity contribution in [2.75, 3.05) is 17.6 Å². The minimum atomic E-state index is -0.635. The maximum absolute atomic E-state index is 10.4. The van der Waals surface area contributed by atoms with Crippen LogP contribution in [0.5, 0.6) is 0 Å². The van der Waals surface area contributed by atoms with Gasteiger partial charge in [0.15, 0.2) is 0 Å². The van der Waals surface area contributed by atoms with E-state index in [1.807, 2.05) is 60.7 Å².